The summed E-state index contributed by atoms with van der Waals surface area (Å²) in [6, 6.07) is 5.88. The van der Waals surface area contributed by atoms with E-state index < -0.39 is 11.6 Å². The topological polar surface area (TPSA) is 12.0 Å². The summed E-state index contributed by atoms with van der Waals surface area (Å²) in [5.41, 5.74) is 1.84. The SMILES string of the molecule is CCNC(Cc1cc(F)cc(F)c1)c1csc(I)c1. The first-order valence-electron chi connectivity index (χ1n) is 6.00. The van der Waals surface area contributed by atoms with Crippen LogP contribution in [0, 0.1) is 14.5 Å². The van der Waals surface area contributed by atoms with Gasteiger partial charge in [0, 0.05) is 12.1 Å². The quantitative estimate of drug-likeness (QED) is 0.737. The summed E-state index contributed by atoms with van der Waals surface area (Å²) in [5.74, 6) is -1.05. The van der Waals surface area contributed by atoms with E-state index in [1.165, 1.54) is 20.6 Å². The normalized spacial score (nSPS) is 12.6. The Balaban J connectivity index is 2.20. The van der Waals surface area contributed by atoms with Gasteiger partial charge in [-0.2, -0.15) is 0 Å². The number of nitrogens with one attached hydrogen (secondary N) is 1. The Morgan fingerprint density at radius 1 is 1.21 bits per heavy atom. The average molecular weight is 393 g/mol. The summed E-state index contributed by atoms with van der Waals surface area (Å²) in [6.45, 7) is 2.84. The summed E-state index contributed by atoms with van der Waals surface area (Å²) in [4.78, 5) is 0. The predicted molar refractivity (Wildman–Crippen MR) is 83.5 cm³/mol. The van der Waals surface area contributed by atoms with E-state index in [-0.39, 0.29) is 6.04 Å². The largest absolute Gasteiger partial charge is 0.310 e. The summed E-state index contributed by atoms with van der Waals surface area (Å²) >= 11 is 3.95. The molecule has 0 radical (unpaired) electrons. The van der Waals surface area contributed by atoms with Crippen molar-refractivity contribution >= 4 is 33.9 Å². The van der Waals surface area contributed by atoms with Gasteiger partial charge in [-0.05, 0) is 70.3 Å². The van der Waals surface area contributed by atoms with Crippen molar-refractivity contribution in [3.63, 3.8) is 0 Å². The van der Waals surface area contributed by atoms with Crippen molar-refractivity contribution in [2.24, 2.45) is 0 Å². The maximum Gasteiger partial charge on any atom is 0.126 e. The van der Waals surface area contributed by atoms with Gasteiger partial charge in [0.25, 0.3) is 0 Å². The highest BCUT2D eigenvalue weighted by Crippen LogP contribution is 2.25. The standard InChI is InChI=1S/C14H14F2INS/c1-2-18-13(10-6-14(17)19-8-10)5-9-3-11(15)7-12(16)4-9/h3-4,6-8,13,18H,2,5H2,1H3. The van der Waals surface area contributed by atoms with Gasteiger partial charge in [-0.25, -0.2) is 8.78 Å². The van der Waals surface area contributed by atoms with Crippen molar-refractivity contribution in [1.82, 2.24) is 5.32 Å². The zero-order valence-electron chi connectivity index (χ0n) is 10.4. The molecule has 0 aliphatic carbocycles. The highest BCUT2D eigenvalue weighted by molar-refractivity contribution is 14.1. The molecule has 1 atom stereocenters. The van der Waals surface area contributed by atoms with Crippen molar-refractivity contribution in [3.05, 3.63) is 55.3 Å². The number of hydrogen-bond donors (Lipinski definition) is 1. The molecule has 1 aromatic carbocycles. The molecule has 2 rings (SSSR count). The first-order chi connectivity index (χ1) is 9.08. The Hall–Kier alpha value is -0.530. The van der Waals surface area contributed by atoms with Gasteiger partial charge in [0.1, 0.15) is 11.6 Å². The first kappa shape index (κ1) is 14.9. The van der Waals surface area contributed by atoms with E-state index in [1.54, 1.807) is 11.3 Å². The third kappa shape index (κ3) is 4.22. The van der Waals surface area contributed by atoms with E-state index in [0.29, 0.717) is 12.0 Å². The van der Waals surface area contributed by atoms with E-state index in [9.17, 15) is 8.78 Å². The van der Waals surface area contributed by atoms with Crippen LogP contribution in [0.25, 0.3) is 0 Å². The smallest absolute Gasteiger partial charge is 0.126 e. The summed E-state index contributed by atoms with van der Waals surface area (Å²) in [6.07, 6.45) is 0.579. The Kier molecular flexibility index (Phi) is 5.29. The van der Waals surface area contributed by atoms with Crippen LogP contribution in [0.15, 0.2) is 29.6 Å². The highest BCUT2D eigenvalue weighted by atomic mass is 127. The molecule has 1 aromatic heterocycles. The van der Waals surface area contributed by atoms with E-state index in [1.807, 2.05) is 6.92 Å². The molecule has 0 amide bonds. The fourth-order valence-electron chi connectivity index (χ4n) is 2.02. The van der Waals surface area contributed by atoms with Crippen LogP contribution in [0.3, 0.4) is 0 Å². The third-order valence-corrected chi connectivity index (χ3v) is 4.61. The van der Waals surface area contributed by atoms with Crippen molar-refractivity contribution < 1.29 is 8.78 Å². The third-order valence-electron chi connectivity index (χ3n) is 2.80. The first-order valence-corrected chi connectivity index (χ1v) is 7.96. The van der Waals surface area contributed by atoms with Gasteiger partial charge in [0.2, 0.25) is 0 Å². The second-order valence-electron chi connectivity index (χ2n) is 4.28. The fourth-order valence-corrected chi connectivity index (χ4v) is 3.45. The van der Waals surface area contributed by atoms with Crippen LogP contribution in [0.4, 0.5) is 8.78 Å². The Morgan fingerprint density at radius 3 is 2.42 bits per heavy atom. The van der Waals surface area contributed by atoms with Gasteiger partial charge in [-0.15, -0.1) is 11.3 Å². The zero-order valence-corrected chi connectivity index (χ0v) is 13.4. The van der Waals surface area contributed by atoms with Crippen LogP contribution in [0.2, 0.25) is 0 Å². The van der Waals surface area contributed by atoms with Gasteiger partial charge in [-0.3, -0.25) is 0 Å². The number of benzene rings is 1. The molecule has 1 heterocycles. The van der Waals surface area contributed by atoms with Crippen LogP contribution < -0.4 is 5.32 Å². The molecule has 1 nitrogen and oxygen atoms in total. The second-order valence-corrected chi connectivity index (χ2v) is 7.08. The van der Waals surface area contributed by atoms with E-state index >= 15 is 0 Å². The fraction of sp³-hybridized carbons (Fsp3) is 0.286. The molecule has 5 heteroatoms. The van der Waals surface area contributed by atoms with Crippen LogP contribution >= 0.6 is 33.9 Å². The minimum atomic E-state index is -0.523. The van der Waals surface area contributed by atoms with E-state index in [2.05, 4.69) is 39.4 Å². The lowest BCUT2D eigenvalue weighted by Gasteiger charge is -2.17. The molecule has 2 aromatic rings. The van der Waals surface area contributed by atoms with Gasteiger partial charge in [0.15, 0.2) is 0 Å². The summed E-state index contributed by atoms with van der Waals surface area (Å²) < 4.78 is 27.6. The lowest BCUT2D eigenvalue weighted by molar-refractivity contribution is 0.540. The highest BCUT2D eigenvalue weighted by Gasteiger charge is 2.14. The van der Waals surface area contributed by atoms with Crippen LogP contribution in [-0.4, -0.2) is 6.54 Å². The predicted octanol–water partition coefficient (Wildman–Crippen LogP) is 4.52. The van der Waals surface area contributed by atoms with Crippen molar-refractivity contribution in [2.75, 3.05) is 6.54 Å². The second kappa shape index (κ2) is 6.76. The number of likely N-dealkylation sites (N-methyl/N-ethyl adjacent to an activating group) is 1. The molecular weight excluding hydrogens is 379 g/mol. The van der Waals surface area contributed by atoms with Gasteiger partial charge in [-0.1, -0.05) is 6.92 Å². The van der Waals surface area contributed by atoms with Crippen LogP contribution in [0.1, 0.15) is 24.1 Å². The lowest BCUT2D eigenvalue weighted by atomic mass is 10.0. The maximum atomic E-state index is 13.2. The molecule has 0 aliphatic rings. The molecule has 19 heavy (non-hydrogen) atoms. The van der Waals surface area contributed by atoms with Crippen LogP contribution in [-0.2, 0) is 6.42 Å². The number of rotatable bonds is 5. The Labute approximate surface area is 129 Å². The molecule has 0 spiro atoms. The van der Waals surface area contributed by atoms with Gasteiger partial charge < -0.3 is 5.32 Å². The van der Waals surface area contributed by atoms with Crippen molar-refractivity contribution in [2.45, 2.75) is 19.4 Å². The molecule has 0 bridgehead atoms. The lowest BCUT2D eigenvalue weighted by Crippen LogP contribution is -2.22. The van der Waals surface area contributed by atoms with Crippen LogP contribution in [0.5, 0.6) is 0 Å². The molecule has 0 aliphatic heterocycles. The Morgan fingerprint density at radius 2 is 1.89 bits per heavy atom. The maximum absolute atomic E-state index is 13.2. The number of thiophene rings is 1. The number of hydrogen-bond acceptors (Lipinski definition) is 2. The molecule has 0 saturated heterocycles. The van der Waals surface area contributed by atoms with Crippen molar-refractivity contribution in [3.8, 4) is 0 Å². The summed E-state index contributed by atoms with van der Waals surface area (Å²) in [7, 11) is 0. The molecular formula is C14H14F2INS. The molecule has 1 N–H and O–H groups in total. The zero-order chi connectivity index (χ0) is 13.8. The van der Waals surface area contributed by atoms with Crippen molar-refractivity contribution in [1.29, 1.82) is 0 Å². The Bertz CT molecular complexity index is 536. The molecule has 102 valence electrons. The number of halogens is 3. The van der Waals surface area contributed by atoms with E-state index in [4.69, 9.17) is 0 Å². The molecule has 0 fully saturated rings. The van der Waals surface area contributed by atoms with Gasteiger partial charge >= 0.3 is 0 Å². The summed E-state index contributed by atoms with van der Waals surface area (Å²) in [5, 5.41) is 5.45. The minimum Gasteiger partial charge on any atom is -0.310 e. The molecule has 1 unspecified atom stereocenters. The average Bonchev–Trinajstić information content (AvgIpc) is 2.74. The van der Waals surface area contributed by atoms with Gasteiger partial charge in [0.05, 0.1) is 2.88 Å². The van der Waals surface area contributed by atoms with E-state index in [0.717, 1.165) is 12.6 Å². The minimum absolute atomic E-state index is 0.0889. The monoisotopic (exact) mass is 393 g/mol. The molecule has 0 saturated carbocycles.